The second-order valence-electron chi connectivity index (χ2n) is 2.85. The number of hydrogen-bond acceptors (Lipinski definition) is 5. The van der Waals surface area contributed by atoms with Crippen LogP contribution >= 0.6 is 11.3 Å². The molecule has 2 aromatic rings. The highest BCUT2D eigenvalue weighted by atomic mass is 32.1. The molecule has 0 saturated heterocycles. The largest absolute Gasteiger partial charge is 0.358 e. The van der Waals surface area contributed by atoms with E-state index < -0.39 is 0 Å². The molecule has 1 amide bonds. The first kappa shape index (κ1) is 9.78. The molecule has 0 unspecified atom stereocenters. The Morgan fingerprint density at radius 1 is 1.67 bits per heavy atom. The van der Waals surface area contributed by atoms with Crippen LogP contribution in [0.15, 0.2) is 16.8 Å². The average molecular weight is 223 g/mol. The molecule has 0 aliphatic rings. The van der Waals surface area contributed by atoms with Crippen molar-refractivity contribution in [2.24, 2.45) is 0 Å². The van der Waals surface area contributed by atoms with Crippen LogP contribution in [0.25, 0.3) is 11.4 Å². The van der Waals surface area contributed by atoms with Gasteiger partial charge in [-0.05, 0) is 21.9 Å². The molecule has 0 bridgehead atoms. The van der Waals surface area contributed by atoms with Crippen LogP contribution < -0.4 is 5.32 Å². The molecule has 0 aliphatic heterocycles. The van der Waals surface area contributed by atoms with Crippen LogP contribution in [-0.4, -0.2) is 33.2 Å². The van der Waals surface area contributed by atoms with Crippen molar-refractivity contribution in [3.8, 4) is 11.4 Å². The molecule has 0 fully saturated rings. The first-order valence-corrected chi connectivity index (χ1v) is 5.25. The van der Waals surface area contributed by atoms with Crippen LogP contribution in [0.1, 0.15) is 0 Å². The molecule has 78 valence electrons. The molecule has 6 nitrogen and oxygen atoms in total. The minimum absolute atomic E-state index is 0.126. The minimum atomic E-state index is -0.126. The summed E-state index contributed by atoms with van der Waals surface area (Å²) in [5.41, 5.74) is 0.925. The molecule has 0 radical (unpaired) electrons. The SMILES string of the molecule is CNC(=O)Cn1nnnc1-c1ccsc1. The second-order valence-corrected chi connectivity index (χ2v) is 3.63. The van der Waals surface area contributed by atoms with Gasteiger partial charge in [-0.1, -0.05) is 0 Å². The van der Waals surface area contributed by atoms with E-state index in [1.54, 1.807) is 18.4 Å². The first-order valence-electron chi connectivity index (χ1n) is 4.30. The fourth-order valence-electron chi connectivity index (χ4n) is 1.12. The molecule has 0 atom stereocenters. The number of carbonyl (C=O) groups excluding carboxylic acids is 1. The molecule has 2 heterocycles. The van der Waals surface area contributed by atoms with Gasteiger partial charge < -0.3 is 5.32 Å². The lowest BCUT2D eigenvalue weighted by molar-refractivity contribution is -0.121. The molecular formula is C8H9N5OS. The normalized spacial score (nSPS) is 10.2. The number of hydrogen-bond donors (Lipinski definition) is 1. The zero-order valence-electron chi connectivity index (χ0n) is 8.04. The van der Waals surface area contributed by atoms with Crippen molar-refractivity contribution in [1.82, 2.24) is 25.5 Å². The number of aromatic nitrogens is 4. The molecule has 15 heavy (non-hydrogen) atoms. The number of rotatable bonds is 3. The van der Waals surface area contributed by atoms with E-state index in [1.807, 2.05) is 16.8 Å². The summed E-state index contributed by atoms with van der Waals surface area (Å²) in [7, 11) is 1.58. The zero-order chi connectivity index (χ0) is 10.7. The number of nitrogens with one attached hydrogen (secondary N) is 1. The van der Waals surface area contributed by atoms with E-state index in [4.69, 9.17) is 0 Å². The van der Waals surface area contributed by atoms with Crippen LogP contribution in [0.3, 0.4) is 0 Å². The van der Waals surface area contributed by atoms with E-state index in [9.17, 15) is 4.79 Å². The van der Waals surface area contributed by atoms with Crippen molar-refractivity contribution in [2.45, 2.75) is 6.54 Å². The van der Waals surface area contributed by atoms with Gasteiger partial charge in [-0.3, -0.25) is 4.79 Å². The van der Waals surface area contributed by atoms with Crippen molar-refractivity contribution < 1.29 is 4.79 Å². The predicted octanol–water partition coefficient (Wildman–Crippen LogP) is 0.148. The summed E-state index contributed by atoms with van der Waals surface area (Å²) in [6.45, 7) is 0.134. The number of nitrogens with zero attached hydrogens (tertiary/aromatic N) is 4. The molecule has 7 heteroatoms. The van der Waals surface area contributed by atoms with E-state index >= 15 is 0 Å². The standard InChI is InChI=1S/C8H9N5OS/c1-9-7(14)4-13-8(10-11-12-13)6-2-3-15-5-6/h2-3,5H,4H2,1H3,(H,9,14). The van der Waals surface area contributed by atoms with Crippen LogP contribution in [0.4, 0.5) is 0 Å². The van der Waals surface area contributed by atoms with Gasteiger partial charge in [0.2, 0.25) is 5.91 Å². The molecule has 1 N–H and O–H groups in total. The third-order valence-corrected chi connectivity index (χ3v) is 2.57. The lowest BCUT2D eigenvalue weighted by Gasteiger charge is -2.01. The quantitative estimate of drug-likeness (QED) is 0.803. The smallest absolute Gasteiger partial charge is 0.241 e. The molecule has 0 saturated carbocycles. The Morgan fingerprint density at radius 3 is 3.20 bits per heavy atom. The lowest BCUT2D eigenvalue weighted by atomic mass is 10.3. The Bertz CT molecular complexity index is 449. The van der Waals surface area contributed by atoms with Crippen LogP contribution in [0.2, 0.25) is 0 Å². The number of likely N-dealkylation sites (N-methyl/N-ethyl adjacent to an activating group) is 1. The summed E-state index contributed by atoms with van der Waals surface area (Å²) in [5.74, 6) is 0.485. The van der Waals surface area contributed by atoms with Crippen molar-refractivity contribution in [2.75, 3.05) is 7.05 Å². The van der Waals surface area contributed by atoms with Crippen molar-refractivity contribution >= 4 is 17.2 Å². The summed E-state index contributed by atoms with van der Waals surface area (Å²) in [4.78, 5) is 11.2. The van der Waals surface area contributed by atoms with Crippen LogP contribution in [-0.2, 0) is 11.3 Å². The first-order chi connectivity index (χ1) is 7.31. The lowest BCUT2D eigenvalue weighted by Crippen LogP contribution is -2.24. The van der Waals surface area contributed by atoms with Crippen molar-refractivity contribution in [1.29, 1.82) is 0 Å². The summed E-state index contributed by atoms with van der Waals surface area (Å²) in [6, 6.07) is 1.91. The van der Waals surface area contributed by atoms with Gasteiger partial charge in [0, 0.05) is 18.0 Å². The summed E-state index contributed by atoms with van der Waals surface area (Å²) < 4.78 is 1.47. The zero-order valence-corrected chi connectivity index (χ0v) is 8.86. The van der Waals surface area contributed by atoms with Gasteiger partial charge in [-0.25, -0.2) is 4.68 Å². The van der Waals surface area contributed by atoms with E-state index in [2.05, 4.69) is 20.8 Å². The molecule has 2 aromatic heterocycles. The Hall–Kier alpha value is -1.76. The maximum atomic E-state index is 11.2. The fraction of sp³-hybridized carbons (Fsp3) is 0.250. The maximum Gasteiger partial charge on any atom is 0.241 e. The summed E-state index contributed by atoms with van der Waals surface area (Å²) in [6.07, 6.45) is 0. The highest BCUT2D eigenvalue weighted by Crippen LogP contribution is 2.18. The number of amides is 1. The number of tetrazole rings is 1. The van der Waals surface area contributed by atoms with Gasteiger partial charge in [-0.15, -0.1) is 5.10 Å². The molecule has 0 aliphatic carbocycles. The highest BCUT2D eigenvalue weighted by Gasteiger charge is 2.11. The molecule has 0 aromatic carbocycles. The number of carbonyl (C=O) groups is 1. The van der Waals surface area contributed by atoms with Crippen LogP contribution in [0, 0.1) is 0 Å². The predicted molar refractivity (Wildman–Crippen MR) is 55.2 cm³/mol. The Labute approximate surface area is 89.9 Å². The van der Waals surface area contributed by atoms with Crippen LogP contribution in [0.5, 0.6) is 0 Å². The fourth-order valence-corrected chi connectivity index (χ4v) is 1.76. The van der Waals surface area contributed by atoms with E-state index in [1.165, 1.54) is 4.68 Å². The Morgan fingerprint density at radius 2 is 2.53 bits per heavy atom. The van der Waals surface area contributed by atoms with Gasteiger partial charge in [0.15, 0.2) is 5.82 Å². The molecular weight excluding hydrogens is 214 g/mol. The van der Waals surface area contributed by atoms with Gasteiger partial charge >= 0.3 is 0 Å². The number of thiophene rings is 1. The van der Waals surface area contributed by atoms with Gasteiger partial charge in [0.25, 0.3) is 0 Å². The van der Waals surface area contributed by atoms with E-state index in [0.29, 0.717) is 5.82 Å². The second kappa shape index (κ2) is 4.18. The average Bonchev–Trinajstić information content (AvgIpc) is 2.86. The van der Waals surface area contributed by atoms with Crippen molar-refractivity contribution in [3.63, 3.8) is 0 Å². The van der Waals surface area contributed by atoms with Gasteiger partial charge in [0.05, 0.1) is 0 Å². The molecule has 0 spiro atoms. The summed E-state index contributed by atoms with van der Waals surface area (Å²) >= 11 is 1.56. The van der Waals surface area contributed by atoms with Crippen molar-refractivity contribution in [3.05, 3.63) is 16.8 Å². The molecule has 2 rings (SSSR count). The third-order valence-electron chi connectivity index (χ3n) is 1.88. The van der Waals surface area contributed by atoms with E-state index in [0.717, 1.165) is 5.56 Å². The Kier molecular flexibility index (Phi) is 2.72. The highest BCUT2D eigenvalue weighted by molar-refractivity contribution is 7.08. The van der Waals surface area contributed by atoms with Gasteiger partial charge in [-0.2, -0.15) is 11.3 Å². The minimum Gasteiger partial charge on any atom is -0.358 e. The summed E-state index contributed by atoms with van der Waals surface area (Å²) in [5, 5.41) is 17.6. The maximum absolute atomic E-state index is 11.2. The third kappa shape index (κ3) is 2.01. The van der Waals surface area contributed by atoms with E-state index in [-0.39, 0.29) is 12.5 Å². The van der Waals surface area contributed by atoms with Gasteiger partial charge in [0.1, 0.15) is 6.54 Å². The Balaban J connectivity index is 2.27. The monoisotopic (exact) mass is 223 g/mol. The topological polar surface area (TPSA) is 72.7 Å².